The minimum Gasteiger partial charge on any atom is -0.460 e. The number of carbonyl (C=O) groups excluding carboxylic acids is 1. The Bertz CT molecular complexity index is 667. The van der Waals surface area contributed by atoms with Crippen molar-refractivity contribution in [3.63, 3.8) is 0 Å². The third-order valence-electron chi connectivity index (χ3n) is 2.84. The zero-order chi connectivity index (χ0) is 15.6. The first kappa shape index (κ1) is 15.5. The summed E-state index contributed by atoms with van der Waals surface area (Å²) < 4.78 is 23.9. The molecule has 6 heteroatoms. The number of ether oxygens (including phenoxy) is 1. The molecule has 1 heterocycles. The van der Waals surface area contributed by atoms with E-state index in [1.165, 1.54) is 12.1 Å². The number of nitrogens with zero attached hydrogens (tertiary/aromatic N) is 1. The van der Waals surface area contributed by atoms with Crippen molar-refractivity contribution in [1.82, 2.24) is 4.98 Å². The van der Waals surface area contributed by atoms with Gasteiger partial charge in [-0.25, -0.2) is 14.2 Å². The number of esters is 1. The molecule has 0 spiro atoms. The van der Waals surface area contributed by atoms with Crippen molar-refractivity contribution in [3.05, 3.63) is 40.5 Å². The number of halogens is 2. The molecule has 0 bridgehead atoms. The second-order valence-electron chi connectivity index (χ2n) is 4.71. The third-order valence-corrected chi connectivity index (χ3v) is 3.23. The molecule has 112 valence electrons. The Labute approximate surface area is 126 Å². The molecule has 2 rings (SSSR count). The van der Waals surface area contributed by atoms with Gasteiger partial charge in [0.2, 0.25) is 11.7 Å². The summed E-state index contributed by atoms with van der Waals surface area (Å²) in [6, 6.07) is 4.32. The van der Waals surface area contributed by atoms with Crippen molar-refractivity contribution in [3.8, 4) is 11.5 Å². The minimum atomic E-state index is -0.590. The molecule has 0 radical (unpaired) electrons. The van der Waals surface area contributed by atoms with Crippen LogP contribution in [0.1, 0.15) is 42.9 Å². The van der Waals surface area contributed by atoms with E-state index in [0.717, 1.165) is 0 Å². The van der Waals surface area contributed by atoms with E-state index in [1.807, 2.05) is 13.8 Å². The quantitative estimate of drug-likeness (QED) is 0.784. The van der Waals surface area contributed by atoms with Crippen molar-refractivity contribution in [1.29, 1.82) is 0 Å². The van der Waals surface area contributed by atoms with Crippen LogP contribution in [0.3, 0.4) is 0 Å². The van der Waals surface area contributed by atoms with E-state index in [9.17, 15) is 9.18 Å². The molecule has 0 saturated carbocycles. The summed E-state index contributed by atoms with van der Waals surface area (Å²) in [7, 11) is 0. The molecule has 0 N–H and O–H groups in total. The first-order chi connectivity index (χ1) is 9.95. The first-order valence-electron chi connectivity index (χ1n) is 6.57. The number of rotatable bonds is 4. The maximum absolute atomic E-state index is 13.5. The highest BCUT2D eigenvalue weighted by Gasteiger charge is 2.25. The Kier molecular flexibility index (Phi) is 4.63. The SMILES string of the molecule is CCOC(=O)c1oc(-c2cccc(F)c2Cl)nc1C(C)C. The van der Waals surface area contributed by atoms with Gasteiger partial charge in [-0.3, -0.25) is 0 Å². The molecule has 0 aliphatic heterocycles. The van der Waals surface area contributed by atoms with Crippen molar-refractivity contribution in [2.45, 2.75) is 26.7 Å². The summed E-state index contributed by atoms with van der Waals surface area (Å²) in [6.45, 7) is 5.68. The van der Waals surface area contributed by atoms with Gasteiger partial charge in [0.05, 0.1) is 22.9 Å². The van der Waals surface area contributed by atoms with E-state index < -0.39 is 11.8 Å². The van der Waals surface area contributed by atoms with Gasteiger partial charge in [-0.15, -0.1) is 0 Å². The van der Waals surface area contributed by atoms with Gasteiger partial charge < -0.3 is 9.15 Å². The second-order valence-corrected chi connectivity index (χ2v) is 5.09. The fourth-order valence-corrected chi connectivity index (χ4v) is 2.06. The number of hydrogen-bond acceptors (Lipinski definition) is 4. The van der Waals surface area contributed by atoms with Gasteiger partial charge in [-0.1, -0.05) is 31.5 Å². The zero-order valence-electron chi connectivity index (χ0n) is 11.9. The summed E-state index contributed by atoms with van der Waals surface area (Å²) in [5.41, 5.74) is 0.762. The molecule has 0 unspecified atom stereocenters. The van der Waals surface area contributed by atoms with Crippen molar-refractivity contribution >= 4 is 17.6 Å². The normalized spacial score (nSPS) is 11.0. The number of hydrogen-bond donors (Lipinski definition) is 0. The maximum atomic E-state index is 13.5. The van der Waals surface area contributed by atoms with Crippen LogP contribution in [0.2, 0.25) is 5.02 Å². The number of benzene rings is 1. The van der Waals surface area contributed by atoms with E-state index in [1.54, 1.807) is 13.0 Å². The zero-order valence-corrected chi connectivity index (χ0v) is 12.7. The lowest BCUT2D eigenvalue weighted by atomic mass is 10.1. The van der Waals surface area contributed by atoms with Crippen LogP contribution in [0.4, 0.5) is 4.39 Å². The number of oxazole rings is 1. The molecule has 4 nitrogen and oxygen atoms in total. The predicted molar refractivity (Wildman–Crippen MR) is 77.0 cm³/mol. The molecule has 0 amide bonds. The third kappa shape index (κ3) is 3.08. The molecule has 0 fully saturated rings. The Morgan fingerprint density at radius 2 is 2.19 bits per heavy atom. The monoisotopic (exact) mass is 311 g/mol. The van der Waals surface area contributed by atoms with Crippen LogP contribution in [0.15, 0.2) is 22.6 Å². The smallest absolute Gasteiger partial charge is 0.376 e. The highest BCUT2D eigenvalue weighted by Crippen LogP contribution is 2.32. The lowest BCUT2D eigenvalue weighted by Crippen LogP contribution is -2.07. The van der Waals surface area contributed by atoms with Crippen LogP contribution < -0.4 is 0 Å². The molecule has 21 heavy (non-hydrogen) atoms. The van der Waals surface area contributed by atoms with Crippen LogP contribution in [0.25, 0.3) is 11.5 Å². The van der Waals surface area contributed by atoms with Gasteiger partial charge in [0, 0.05) is 0 Å². The topological polar surface area (TPSA) is 52.3 Å². The van der Waals surface area contributed by atoms with Crippen LogP contribution >= 0.6 is 11.6 Å². The first-order valence-corrected chi connectivity index (χ1v) is 6.95. The average Bonchev–Trinajstić information content (AvgIpc) is 2.87. The summed E-state index contributed by atoms with van der Waals surface area (Å²) in [4.78, 5) is 16.2. The van der Waals surface area contributed by atoms with Crippen LogP contribution in [-0.2, 0) is 4.74 Å². The Morgan fingerprint density at radius 3 is 2.81 bits per heavy atom. The average molecular weight is 312 g/mol. The fourth-order valence-electron chi connectivity index (χ4n) is 1.85. The van der Waals surface area contributed by atoms with Crippen molar-refractivity contribution in [2.75, 3.05) is 6.61 Å². The largest absolute Gasteiger partial charge is 0.460 e. The Hall–Kier alpha value is -1.88. The maximum Gasteiger partial charge on any atom is 0.376 e. The summed E-state index contributed by atoms with van der Waals surface area (Å²) in [6.07, 6.45) is 0. The van der Waals surface area contributed by atoms with Crippen molar-refractivity contribution < 1.29 is 18.3 Å². The van der Waals surface area contributed by atoms with Crippen LogP contribution in [0, 0.1) is 5.82 Å². The highest BCUT2D eigenvalue weighted by atomic mass is 35.5. The summed E-state index contributed by atoms with van der Waals surface area (Å²) in [5, 5.41) is -0.0931. The van der Waals surface area contributed by atoms with Gasteiger partial charge in [-0.2, -0.15) is 0 Å². The molecule has 0 saturated heterocycles. The van der Waals surface area contributed by atoms with E-state index in [0.29, 0.717) is 11.3 Å². The van der Waals surface area contributed by atoms with Gasteiger partial charge in [-0.05, 0) is 25.0 Å². The molecule has 0 atom stereocenters. The lowest BCUT2D eigenvalue weighted by molar-refractivity contribution is 0.0488. The van der Waals surface area contributed by atoms with Crippen molar-refractivity contribution in [2.24, 2.45) is 0 Å². The van der Waals surface area contributed by atoms with Crippen LogP contribution in [-0.4, -0.2) is 17.6 Å². The van der Waals surface area contributed by atoms with Gasteiger partial charge in [0.25, 0.3) is 0 Å². The van der Waals surface area contributed by atoms with Gasteiger partial charge in [0.15, 0.2) is 0 Å². The standard InChI is InChI=1S/C15H15ClFNO3/c1-4-20-15(19)13-12(8(2)3)18-14(21-13)9-6-5-7-10(17)11(9)16/h5-8H,4H2,1-3H3. The summed E-state index contributed by atoms with van der Waals surface area (Å²) >= 11 is 5.92. The summed E-state index contributed by atoms with van der Waals surface area (Å²) in [5.74, 6) is -1.08. The highest BCUT2D eigenvalue weighted by molar-refractivity contribution is 6.33. The molecule has 0 aliphatic carbocycles. The van der Waals surface area contributed by atoms with Gasteiger partial charge in [0.1, 0.15) is 5.82 Å². The predicted octanol–water partition coefficient (Wildman–Crippen LogP) is 4.43. The van der Waals surface area contributed by atoms with E-state index in [-0.39, 0.29) is 29.2 Å². The van der Waals surface area contributed by atoms with Gasteiger partial charge >= 0.3 is 5.97 Å². The lowest BCUT2D eigenvalue weighted by Gasteiger charge is -2.02. The molecular formula is C15H15ClFNO3. The van der Waals surface area contributed by atoms with E-state index >= 15 is 0 Å². The van der Waals surface area contributed by atoms with E-state index in [4.69, 9.17) is 20.8 Å². The van der Waals surface area contributed by atoms with Crippen LogP contribution in [0.5, 0.6) is 0 Å². The Morgan fingerprint density at radius 1 is 1.48 bits per heavy atom. The second kappa shape index (κ2) is 6.26. The number of carbonyl (C=O) groups is 1. The molecule has 2 aromatic rings. The Balaban J connectivity index is 2.54. The van der Waals surface area contributed by atoms with E-state index in [2.05, 4.69) is 4.98 Å². The number of aromatic nitrogens is 1. The molecular weight excluding hydrogens is 297 g/mol. The minimum absolute atomic E-state index is 0.0298. The molecule has 1 aromatic heterocycles. The molecule has 1 aromatic carbocycles. The fraction of sp³-hybridized carbons (Fsp3) is 0.333. The molecule has 0 aliphatic rings.